The van der Waals surface area contributed by atoms with Gasteiger partial charge >= 0.3 is 5.97 Å². The number of carbonyl (C=O) groups is 1. The van der Waals surface area contributed by atoms with Crippen molar-refractivity contribution in [3.8, 4) is 5.75 Å². The minimum Gasteiger partial charge on any atom is -0.507 e. The third-order valence-corrected chi connectivity index (χ3v) is 4.10. The van der Waals surface area contributed by atoms with Gasteiger partial charge in [0.05, 0.1) is 12.0 Å². The number of esters is 1. The Morgan fingerprint density at radius 2 is 2.11 bits per heavy atom. The number of methoxy groups -OCH3 is 1. The van der Waals surface area contributed by atoms with Crippen molar-refractivity contribution in [1.29, 1.82) is 0 Å². The van der Waals surface area contributed by atoms with Crippen LogP contribution in [0.25, 0.3) is 0 Å². The predicted molar refractivity (Wildman–Crippen MR) is 62.8 cm³/mol. The molecule has 0 heterocycles. The van der Waals surface area contributed by atoms with Crippen LogP contribution in [0.4, 0.5) is 0 Å². The largest absolute Gasteiger partial charge is 0.507 e. The summed E-state index contributed by atoms with van der Waals surface area (Å²) in [7, 11) is -2.49. The number of benzene rings is 1. The van der Waals surface area contributed by atoms with Crippen molar-refractivity contribution in [2.45, 2.75) is 23.8 Å². The van der Waals surface area contributed by atoms with Gasteiger partial charge in [-0.1, -0.05) is 0 Å². The van der Waals surface area contributed by atoms with Crippen molar-refractivity contribution in [2.75, 3.05) is 7.11 Å². The molecule has 0 saturated heterocycles. The minimum absolute atomic E-state index is 0.0228. The van der Waals surface area contributed by atoms with E-state index in [0.717, 1.165) is 32.1 Å². The number of ether oxygens (including phenoxy) is 1. The summed E-state index contributed by atoms with van der Waals surface area (Å²) in [4.78, 5) is 11.3. The van der Waals surface area contributed by atoms with Crippen LogP contribution in [0.15, 0.2) is 23.1 Å². The van der Waals surface area contributed by atoms with Crippen LogP contribution in [0.2, 0.25) is 0 Å². The summed E-state index contributed by atoms with van der Waals surface area (Å²) in [5.41, 5.74) is -0.170. The smallest absolute Gasteiger partial charge is 0.341 e. The Morgan fingerprint density at radius 3 is 2.67 bits per heavy atom. The summed E-state index contributed by atoms with van der Waals surface area (Å²) < 4.78 is 30.8. The Labute approximate surface area is 105 Å². The zero-order chi connectivity index (χ0) is 13.3. The lowest BCUT2D eigenvalue weighted by atomic mass is 10.2. The summed E-state index contributed by atoms with van der Waals surface area (Å²) in [5.74, 6) is -1.09. The van der Waals surface area contributed by atoms with Crippen LogP contribution in [0.1, 0.15) is 23.2 Å². The van der Waals surface area contributed by atoms with Gasteiger partial charge in [-0.05, 0) is 31.0 Å². The highest BCUT2D eigenvalue weighted by molar-refractivity contribution is 7.89. The van der Waals surface area contributed by atoms with E-state index in [1.165, 1.54) is 6.07 Å². The molecule has 0 aliphatic heterocycles. The number of aromatic hydroxyl groups is 1. The quantitative estimate of drug-likeness (QED) is 0.783. The van der Waals surface area contributed by atoms with E-state index in [1.807, 2.05) is 0 Å². The second-order valence-corrected chi connectivity index (χ2v) is 5.78. The molecule has 0 bridgehead atoms. The molecule has 2 rings (SSSR count). The molecule has 1 fully saturated rings. The van der Waals surface area contributed by atoms with Crippen LogP contribution in [0.3, 0.4) is 0 Å². The van der Waals surface area contributed by atoms with E-state index < -0.39 is 16.0 Å². The predicted octanol–water partition coefficient (Wildman–Crippen LogP) is 0.619. The Morgan fingerprint density at radius 1 is 1.44 bits per heavy atom. The summed E-state index contributed by atoms with van der Waals surface area (Å²) in [6.07, 6.45) is 1.64. The maximum Gasteiger partial charge on any atom is 0.341 e. The third-order valence-electron chi connectivity index (χ3n) is 2.58. The summed E-state index contributed by atoms with van der Waals surface area (Å²) in [5, 5.41) is 9.48. The maximum atomic E-state index is 11.9. The highest BCUT2D eigenvalue weighted by atomic mass is 32.2. The van der Waals surface area contributed by atoms with Crippen molar-refractivity contribution in [2.24, 2.45) is 0 Å². The highest BCUT2D eigenvalue weighted by Crippen LogP contribution is 2.25. The highest BCUT2D eigenvalue weighted by Gasteiger charge is 2.28. The summed E-state index contributed by atoms with van der Waals surface area (Å²) >= 11 is 0. The number of carbonyl (C=O) groups excluding carboxylic acids is 1. The van der Waals surface area contributed by atoms with Crippen LogP contribution in [0.5, 0.6) is 5.75 Å². The molecule has 2 N–H and O–H groups in total. The summed E-state index contributed by atoms with van der Waals surface area (Å²) in [6.45, 7) is 0. The number of hydrogen-bond acceptors (Lipinski definition) is 5. The third kappa shape index (κ3) is 2.62. The molecule has 0 atom stereocenters. The first-order valence-electron chi connectivity index (χ1n) is 5.37. The van der Waals surface area contributed by atoms with E-state index in [0.29, 0.717) is 0 Å². The zero-order valence-corrected chi connectivity index (χ0v) is 10.5. The number of nitrogens with one attached hydrogen (secondary N) is 1. The van der Waals surface area contributed by atoms with Gasteiger partial charge in [0.1, 0.15) is 11.3 Å². The van der Waals surface area contributed by atoms with Gasteiger partial charge in [0, 0.05) is 6.04 Å². The number of hydrogen-bond donors (Lipinski definition) is 2. The van der Waals surface area contributed by atoms with Gasteiger partial charge in [-0.15, -0.1) is 0 Å². The van der Waals surface area contributed by atoms with Crippen LogP contribution in [-0.4, -0.2) is 32.6 Å². The fourth-order valence-corrected chi connectivity index (χ4v) is 2.78. The number of phenolic OH excluding ortho intramolecular Hbond substituents is 1. The number of sulfonamides is 1. The molecule has 0 amide bonds. The van der Waals surface area contributed by atoms with E-state index in [-0.39, 0.29) is 22.3 Å². The molecule has 0 aromatic heterocycles. The molecule has 1 aliphatic rings. The molecule has 1 aromatic carbocycles. The first-order chi connectivity index (χ1) is 8.44. The molecule has 6 nitrogen and oxygen atoms in total. The maximum absolute atomic E-state index is 11.9. The van der Waals surface area contributed by atoms with Crippen LogP contribution >= 0.6 is 0 Å². The van der Waals surface area contributed by atoms with E-state index in [9.17, 15) is 18.3 Å². The molecule has 7 heteroatoms. The van der Waals surface area contributed by atoms with Crippen molar-refractivity contribution < 1.29 is 23.1 Å². The van der Waals surface area contributed by atoms with Crippen LogP contribution in [-0.2, 0) is 14.8 Å². The Kier molecular flexibility index (Phi) is 3.27. The molecule has 0 spiro atoms. The molecular weight excluding hydrogens is 258 g/mol. The van der Waals surface area contributed by atoms with Gasteiger partial charge in [0.2, 0.25) is 10.0 Å². The van der Waals surface area contributed by atoms with Crippen molar-refractivity contribution in [1.82, 2.24) is 4.72 Å². The first kappa shape index (κ1) is 12.8. The lowest BCUT2D eigenvalue weighted by Crippen LogP contribution is -2.25. The number of phenols is 1. The SMILES string of the molecule is COC(=O)c1cc(S(=O)(=O)NC2CC2)ccc1O. The van der Waals surface area contributed by atoms with E-state index >= 15 is 0 Å². The molecule has 1 aromatic rings. The van der Waals surface area contributed by atoms with Crippen LogP contribution < -0.4 is 4.72 Å². The molecule has 0 unspecified atom stereocenters. The van der Waals surface area contributed by atoms with Gasteiger partial charge < -0.3 is 9.84 Å². The fourth-order valence-electron chi connectivity index (χ4n) is 1.44. The zero-order valence-electron chi connectivity index (χ0n) is 9.71. The molecule has 18 heavy (non-hydrogen) atoms. The Balaban J connectivity index is 2.36. The fraction of sp³-hybridized carbons (Fsp3) is 0.364. The monoisotopic (exact) mass is 271 g/mol. The van der Waals surface area contributed by atoms with Crippen molar-refractivity contribution in [3.05, 3.63) is 23.8 Å². The van der Waals surface area contributed by atoms with Gasteiger partial charge in [-0.25, -0.2) is 17.9 Å². The Bertz CT molecular complexity index is 577. The molecular formula is C11H13NO5S. The lowest BCUT2D eigenvalue weighted by molar-refractivity contribution is 0.0597. The van der Waals surface area contributed by atoms with Crippen molar-refractivity contribution >= 4 is 16.0 Å². The van der Waals surface area contributed by atoms with Gasteiger partial charge in [-0.2, -0.15) is 0 Å². The molecule has 0 radical (unpaired) electrons. The normalized spacial score (nSPS) is 15.4. The average Bonchev–Trinajstić information content (AvgIpc) is 3.11. The molecule has 1 aliphatic carbocycles. The summed E-state index contributed by atoms with van der Waals surface area (Å²) in [6, 6.07) is 3.48. The van der Waals surface area contributed by atoms with Gasteiger partial charge in [-0.3, -0.25) is 0 Å². The second-order valence-electron chi connectivity index (χ2n) is 4.07. The topological polar surface area (TPSA) is 92.7 Å². The Hall–Kier alpha value is -1.60. The first-order valence-corrected chi connectivity index (χ1v) is 6.86. The van der Waals surface area contributed by atoms with Crippen LogP contribution in [0, 0.1) is 0 Å². The number of rotatable bonds is 4. The standard InChI is InChI=1S/C11H13NO5S/c1-17-11(14)9-6-8(4-5-10(9)13)18(15,16)12-7-2-3-7/h4-7,12-13H,2-3H2,1H3. The lowest BCUT2D eigenvalue weighted by Gasteiger charge is -2.08. The van der Waals surface area contributed by atoms with Gasteiger partial charge in [0.15, 0.2) is 0 Å². The van der Waals surface area contributed by atoms with Crippen molar-refractivity contribution in [3.63, 3.8) is 0 Å². The average molecular weight is 271 g/mol. The molecule has 98 valence electrons. The van der Waals surface area contributed by atoms with E-state index in [4.69, 9.17) is 0 Å². The van der Waals surface area contributed by atoms with E-state index in [2.05, 4.69) is 9.46 Å². The minimum atomic E-state index is -3.65. The van der Waals surface area contributed by atoms with Gasteiger partial charge in [0.25, 0.3) is 0 Å². The second kappa shape index (κ2) is 4.58. The molecule has 1 saturated carbocycles. The van der Waals surface area contributed by atoms with E-state index in [1.54, 1.807) is 0 Å².